The van der Waals surface area contributed by atoms with Crippen LogP contribution < -0.4 is 0 Å². The normalized spacial score (nSPS) is 17.6. The molecule has 0 radical (unpaired) electrons. The average Bonchev–Trinajstić information content (AvgIpc) is 2.95. The van der Waals surface area contributed by atoms with Gasteiger partial charge >= 0.3 is 0 Å². The van der Waals surface area contributed by atoms with E-state index < -0.39 is 11.6 Å². The molecule has 1 heterocycles. The number of benzene rings is 1. The van der Waals surface area contributed by atoms with E-state index in [1.54, 1.807) is 11.3 Å². The van der Waals surface area contributed by atoms with E-state index >= 15 is 0 Å². The zero-order chi connectivity index (χ0) is 15.0. The summed E-state index contributed by atoms with van der Waals surface area (Å²) in [6, 6.07) is 4.47. The summed E-state index contributed by atoms with van der Waals surface area (Å²) in [5, 5.41) is 1.98. The van der Waals surface area contributed by atoms with Crippen molar-refractivity contribution in [2.24, 2.45) is 0 Å². The fourth-order valence-corrected chi connectivity index (χ4v) is 4.21. The van der Waals surface area contributed by atoms with E-state index in [1.165, 1.54) is 17.0 Å². The molecule has 1 nitrogen and oxygen atoms in total. The predicted octanol–water partition coefficient (Wildman–Crippen LogP) is 5.02. The molecule has 1 aromatic heterocycles. The lowest BCUT2D eigenvalue weighted by Gasteiger charge is -2.21. The molecule has 1 aromatic carbocycles. The van der Waals surface area contributed by atoms with Crippen LogP contribution in [-0.4, -0.2) is 5.78 Å². The van der Waals surface area contributed by atoms with Gasteiger partial charge in [-0.1, -0.05) is 0 Å². The number of ketones is 1. The Kier molecular flexibility index (Phi) is 4.22. The highest BCUT2D eigenvalue weighted by atomic mass is 79.9. The molecule has 21 heavy (non-hydrogen) atoms. The smallest absolute Gasteiger partial charge is 0.144 e. The van der Waals surface area contributed by atoms with Crippen molar-refractivity contribution >= 4 is 33.0 Å². The van der Waals surface area contributed by atoms with Crippen molar-refractivity contribution in [3.05, 3.63) is 55.7 Å². The third-order valence-electron chi connectivity index (χ3n) is 3.93. The second-order valence-electron chi connectivity index (χ2n) is 5.21. The van der Waals surface area contributed by atoms with Gasteiger partial charge in [-0.3, -0.25) is 4.79 Å². The van der Waals surface area contributed by atoms with Gasteiger partial charge in [-0.25, -0.2) is 8.78 Å². The van der Waals surface area contributed by atoms with Crippen LogP contribution in [0.4, 0.5) is 8.78 Å². The van der Waals surface area contributed by atoms with Gasteiger partial charge in [-0.15, -0.1) is 11.3 Å². The van der Waals surface area contributed by atoms with Crippen LogP contribution in [0.1, 0.15) is 34.8 Å². The van der Waals surface area contributed by atoms with Crippen molar-refractivity contribution in [3.8, 4) is 0 Å². The minimum atomic E-state index is -0.676. The third-order valence-corrected chi connectivity index (χ3v) is 5.54. The standard InChI is InChI=1S/C16H13BrF2OS/c17-12-4-5-13(18)11(16(12)19)8-14(20)9-2-1-3-15-10(9)6-7-21-15/h4-7,9H,1-3,8H2. The molecule has 1 atom stereocenters. The van der Waals surface area contributed by atoms with Crippen LogP contribution in [0.3, 0.4) is 0 Å². The van der Waals surface area contributed by atoms with Crippen LogP contribution >= 0.6 is 27.3 Å². The summed E-state index contributed by atoms with van der Waals surface area (Å²) in [6.45, 7) is 0. The molecule has 0 amide bonds. The lowest BCUT2D eigenvalue weighted by molar-refractivity contribution is -0.120. The van der Waals surface area contributed by atoms with Crippen molar-refractivity contribution in [2.45, 2.75) is 31.6 Å². The number of halogens is 3. The molecule has 0 fully saturated rings. The number of carbonyl (C=O) groups is 1. The lowest BCUT2D eigenvalue weighted by atomic mass is 9.83. The summed E-state index contributed by atoms with van der Waals surface area (Å²) < 4.78 is 28.0. The number of fused-ring (bicyclic) bond motifs is 1. The Bertz CT molecular complexity index is 696. The minimum absolute atomic E-state index is 0.106. The van der Waals surface area contributed by atoms with Gasteiger partial charge in [0.15, 0.2) is 0 Å². The summed E-state index contributed by atoms with van der Waals surface area (Å²) in [4.78, 5) is 13.7. The molecule has 0 N–H and O–H groups in total. The molecule has 0 bridgehead atoms. The molecule has 1 aliphatic rings. The molecule has 1 aliphatic carbocycles. The first-order valence-corrected chi connectivity index (χ1v) is 8.46. The number of carbonyl (C=O) groups excluding carboxylic acids is 1. The van der Waals surface area contributed by atoms with Crippen molar-refractivity contribution in [3.63, 3.8) is 0 Å². The summed E-state index contributed by atoms with van der Waals surface area (Å²) >= 11 is 4.69. The second-order valence-corrected chi connectivity index (χ2v) is 7.06. The van der Waals surface area contributed by atoms with Gasteiger partial charge in [0.1, 0.15) is 17.4 Å². The molecule has 110 valence electrons. The van der Waals surface area contributed by atoms with Crippen molar-refractivity contribution in [1.82, 2.24) is 0 Å². The topological polar surface area (TPSA) is 17.1 Å². The number of hydrogen-bond acceptors (Lipinski definition) is 2. The van der Waals surface area contributed by atoms with E-state index in [4.69, 9.17) is 0 Å². The van der Waals surface area contributed by atoms with Crippen molar-refractivity contribution in [2.75, 3.05) is 0 Å². The summed E-state index contributed by atoms with van der Waals surface area (Å²) in [7, 11) is 0. The zero-order valence-electron chi connectivity index (χ0n) is 11.2. The van der Waals surface area contributed by atoms with Crippen LogP contribution in [0.25, 0.3) is 0 Å². The summed E-state index contributed by atoms with van der Waals surface area (Å²) in [5.41, 5.74) is 0.906. The first kappa shape index (κ1) is 14.9. The lowest BCUT2D eigenvalue weighted by Crippen LogP contribution is -2.20. The van der Waals surface area contributed by atoms with Gasteiger partial charge in [0.05, 0.1) is 4.47 Å². The molecular formula is C16H13BrF2OS. The Hall–Kier alpha value is -1.07. The number of aryl methyl sites for hydroxylation is 1. The minimum Gasteiger partial charge on any atom is -0.299 e. The maximum Gasteiger partial charge on any atom is 0.144 e. The van der Waals surface area contributed by atoms with Gasteiger partial charge in [0.2, 0.25) is 0 Å². The monoisotopic (exact) mass is 370 g/mol. The largest absolute Gasteiger partial charge is 0.299 e. The van der Waals surface area contributed by atoms with Crippen molar-refractivity contribution < 1.29 is 13.6 Å². The van der Waals surface area contributed by atoms with Crippen molar-refractivity contribution in [1.29, 1.82) is 0 Å². The Morgan fingerprint density at radius 2 is 2.14 bits per heavy atom. The van der Waals surface area contributed by atoms with Crippen LogP contribution in [0.15, 0.2) is 28.1 Å². The summed E-state index contributed by atoms with van der Waals surface area (Å²) in [6.07, 6.45) is 2.51. The quantitative estimate of drug-likeness (QED) is 0.693. The highest BCUT2D eigenvalue weighted by molar-refractivity contribution is 9.10. The van der Waals surface area contributed by atoms with Crippen LogP contribution in [0.5, 0.6) is 0 Å². The van der Waals surface area contributed by atoms with Gasteiger partial charge < -0.3 is 0 Å². The van der Waals surface area contributed by atoms with E-state index in [2.05, 4.69) is 15.9 Å². The number of Topliss-reactive ketones (excluding diaryl/α,β-unsaturated/α-hetero) is 1. The van der Waals surface area contributed by atoms with E-state index in [1.807, 2.05) is 11.4 Å². The van der Waals surface area contributed by atoms with E-state index in [9.17, 15) is 13.6 Å². The molecule has 2 aromatic rings. The van der Waals surface area contributed by atoms with E-state index in [-0.39, 0.29) is 28.2 Å². The molecule has 0 spiro atoms. The molecule has 0 saturated heterocycles. The van der Waals surface area contributed by atoms with Crippen LogP contribution in [0, 0.1) is 11.6 Å². The molecule has 3 rings (SSSR count). The molecule has 5 heteroatoms. The van der Waals surface area contributed by atoms with Gasteiger partial charge in [0.25, 0.3) is 0 Å². The zero-order valence-corrected chi connectivity index (χ0v) is 13.6. The van der Waals surface area contributed by atoms with Gasteiger partial charge in [0, 0.05) is 22.8 Å². The highest BCUT2D eigenvalue weighted by Gasteiger charge is 2.28. The highest BCUT2D eigenvalue weighted by Crippen LogP contribution is 2.36. The maximum atomic E-state index is 14.0. The number of thiophene rings is 1. The SMILES string of the molecule is O=C(Cc1c(F)ccc(Br)c1F)C1CCCc2sccc21. The second kappa shape index (κ2) is 5.97. The summed E-state index contributed by atoms with van der Waals surface area (Å²) in [5.74, 6) is -1.67. The van der Waals surface area contributed by atoms with Gasteiger partial charge in [-0.2, -0.15) is 0 Å². The molecule has 1 unspecified atom stereocenters. The molecule has 0 aliphatic heterocycles. The Labute approximate surface area is 134 Å². The Morgan fingerprint density at radius 3 is 2.95 bits per heavy atom. The maximum absolute atomic E-state index is 14.0. The molecule has 0 saturated carbocycles. The molecular weight excluding hydrogens is 358 g/mol. The third kappa shape index (κ3) is 2.81. The Balaban J connectivity index is 1.88. The van der Waals surface area contributed by atoms with E-state index in [0.29, 0.717) is 0 Å². The first-order valence-electron chi connectivity index (χ1n) is 6.79. The number of rotatable bonds is 3. The van der Waals surface area contributed by atoms with Gasteiger partial charge in [-0.05, 0) is 64.3 Å². The fraction of sp³-hybridized carbons (Fsp3) is 0.312. The van der Waals surface area contributed by atoms with Crippen LogP contribution in [0.2, 0.25) is 0 Å². The average molecular weight is 371 g/mol. The predicted molar refractivity (Wildman–Crippen MR) is 82.8 cm³/mol. The Morgan fingerprint density at radius 1 is 1.33 bits per heavy atom. The fourth-order valence-electron chi connectivity index (χ4n) is 2.85. The first-order chi connectivity index (χ1) is 10.1. The number of hydrogen-bond donors (Lipinski definition) is 0. The van der Waals surface area contributed by atoms with Crippen LogP contribution in [-0.2, 0) is 17.6 Å². The van der Waals surface area contributed by atoms with E-state index in [0.717, 1.165) is 24.8 Å².